The monoisotopic (exact) mass is 296 g/mol. The fourth-order valence-corrected chi connectivity index (χ4v) is 2.47. The lowest BCUT2D eigenvalue weighted by molar-refractivity contribution is -0.142. The molecule has 21 heavy (non-hydrogen) atoms. The number of amides is 2. The van der Waals surface area contributed by atoms with Crippen LogP contribution in [0, 0.1) is 11.7 Å². The minimum absolute atomic E-state index is 0.0389. The molecule has 2 atom stereocenters. The Morgan fingerprint density at radius 2 is 2.19 bits per heavy atom. The van der Waals surface area contributed by atoms with Crippen LogP contribution in [-0.2, 0) is 4.79 Å². The Kier molecular flexibility index (Phi) is 4.30. The number of rotatable bonds is 3. The summed E-state index contributed by atoms with van der Waals surface area (Å²) in [6.07, 6.45) is 0.602. The van der Waals surface area contributed by atoms with Crippen molar-refractivity contribution < 1.29 is 23.8 Å². The molecule has 2 amide bonds. The molecule has 0 bridgehead atoms. The number of urea groups is 1. The number of nitrogens with one attached hydrogen (secondary N) is 1. The third-order valence-electron chi connectivity index (χ3n) is 3.63. The second-order valence-electron chi connectivity index (χ2n) is 5.02. The summed E-state index contributed by atoms with van der Waals surface area (Å²) < 4.78 is 18.6. The molecule has 1 aromatic rings. The van der Waals surface area contributed by atoms with Crippen LogP contribution in [-0.4, -0.2) is 41.7 Å². The molecule has 1 aliphatic heterocycles. The Labute approximate surface area is 121 Å². The van der Waals surface area contributed by atoms with E-state index in [1.165, 1.54) is 30.2 Å². The van der Waals surface area contributed by atoms with Crippen LogP contribution in [0.3, 0.4) is 0 Å². The van der Waals surface area contributed by atoms with Gasteiger partial charge in [-0.05, 0) is 24.5 Å². The molecule has 1 aliphatic rings. The number of methoxy groups -OCH3 is 1. The topological polar surface area (TPSA) is 78.9 Å². The molecule has 0 spiro atoms. The number of anilines is 1. The van der Waals surface area contributed by atoms with Gasteiger partial charge in [-0.2, -0.15) is 0 Å². The summed E-state index contributed by atoms with van der Waals surface area (Å²) >= 11 is 0. The number of hydrogen-bond donors (Lipinski definition) is 2. The molecule has 2 unspecified atom stereocenters. The van der Waals surface area contributed by atoms with Crippen molar-refractivity contribution in [3.63, 3.8) is 0 Å². The molecule has 1 saturated heterocycles. The van der Waals surface area contributed by atoms with Gasteiger partial charge in [-0.3, -0.25) is 0 Å². The first kappa shape index (κ1) is 15.1. The van der Waals surface area contributed by atoms with Crippen molar-refractivity contribution in [1.82, 2.24) is 4.90 Å². The van der Waals surface area contributed by atoms with Crippen molar-refractivity contribution in [2.24, 2.45) is 5.92 Å². The van der Waals surface area contributed by atoms with Gasteiger partial charge < -0.3 is 20.1 Å². The fourth-order valence-electron chi connectivity index (χ4n) is 2.47. The van der Waals surface area contributed by atoms with Gasteiger partial charge in [-0.1, -0.05) is 6.92 Å². The maximum atomic E-state index is 13.7. The van der Waals surface area contributed by atoms with Gasteiger partial charge in [0.05, 0.1) is 12.8 Å². The summed E-state index contributed by atoms with van der Waals surface area (Å²) in [5.41, 5.74) is -0.0389. The van der Waals surface area contributed by atoms with Gasteiger partial charge in [0.1, 0.15) is 17.6 Å². The molecular weight excluding hydrogens is 279 g/mol. The van der Waals surface area contributed by atoms with E-state index in [1.54, 1.807) is 6.92 Å². The molecular formula is C14H17FN2O4. The molecule has 1 heterocycles. The predicted octanol–water partition coefficient (Wildman–Crippen LogP) is 2.16. The molecule has 1 fully saturated rings. The smallest absolute Gasteiger partial charge is 0.326 e. The zero-order valence-electron chi connectivity index (χ0n) is 11.8. The fraction of sp³-hybridized carbons (Fsp3) is 0.429. The van der Waals surface area contributed by atoms with Crippen LogP contribution < -0.4 is 10.1 Å². The number of likely N-dealkylation sites (tertiary alicyclic amines) is 1. The highest BCUT2D eigenvalue weighted by molar-refractivity contribution is 5.93. The first-order valence-corrected chi connectivity index (χ1v) is 6.58. The van der Waals surface area contributed by atoms with Crippen LogP contribution in [0.1, 0.15) is 13.3 Å². The highest BCUT2D eigenvalue weighted by Gasteiger charge is 2.39. The predicted molar refractivity (Wildman–Crippen MR) is 73.9 cm³/mol. The van der Waals surface area contributed by atoms with E-state index in [4.69, 9.17) is 4.74 Å². The Bertz CT molecular complexity index is 564. The van der Waals surface area contributed by atoms with E-state index in [2.05, 4.69) is 5.32 Å². The average Bonchev–Trinajstić information content (AvgIpc) is 2.83. The third kappa shape index (κ3) is 3.07. The maximum Gasteiger partial charge on any atom is 0.326 e. The number of benzene rings is 1. The number of carboxylic acids is 1. The largest absolute Gasteiger partial charge is 0.497 e. The van der Waals surface area contributed by atoms with Gasteiger partial charge in [0, 0.05) is 12.6 Å². The minimum Gasteiger partial charge on any atom is -0.497 e. The van der Waals surface area contributed by atoms with Crippen LogP contribution in [0.15, 0.2) is 18.2 Å². The van der Waals surface area contributed by atoms with Crippen molar-refractivity contribution >= 4 is 17.7 Å². The van der Waals surface area contributed by atoms with Gasteiger partial charge in [0.15, 0.2) is 0 Å². The summed E-state index contributed by atoms with van der Waals surface area (Å²) in [6.45, 7) is 2.10. The third-order valence-corrected chi connectivity index (χ3v) is 3.63. The number of carboxylic acid groups (broad SMARTS) is 1. The van der Waals surface area contributed by atoms with Gasteiger partial charge in [-0.15, -0.1) is 0 Å². The van der Waals surface area contributed by atoms with Gasteiger partial charge in [-0.25, -0.2) is 14.0 Å². The van der Waals surface area contributed by atoms with E-state index in [0.717, 1.165) is 0 Å². The molecule has 0 aromatic heterocycles. The first-order chi connectivity index (χ1) is 9.93. The van der Waals surface area contributed by atoms with Crippen molar-refractivity contribution in [2.75, 3.05) is 19.0 Å². The van der Waals surface area contributed by atoms with E-state index < -0.39 is 23.9 Å². The Morgan fingerprint density at radius 1 is 1.48 bits per heavy atom. The number of carbonyl (C=O) groups excluding carboxylic acids is 1. The Hall–Kier alpha value is -2.31. The van der Waals surface area contributed by atoms with Crippen LogP contribution >= 0.6 is 0 Å². The minimum atomic E-state index is -1.05. The quantitative estimate of drug-likeness (QED) is 0.896. The summed E-state index contributed by atoms with van der Waals surface area (Å²) in [7, 11) is 1.43. The number of carbonyl (C=O) groups is 2. The maximum absolute atomic E-state index is 13.7. The van der Waals surface area contributed by atoms with Crippen LogP contribution in [0.4, 0.5) is 14.9 Å². The first-order valence-electron chi connectivity index (χ1n) is 6.58. The van der Waals surface area contributed by atoms with E-state index in [9.17, 15) is 19.1 Å². The standard InChI is InChI=1S/C14H17FN2O4/c1-8-5-6-17(12(8)13(18)19)14(20)16-11-7-9(21-2)3-4-10(11)15/h3-4,7-8,12H,5-6H2,1-2H3,(H,16,20)(H,18,19). The zero-order chi connectivity index (χ0) is 15.6. The molecule has 0 saturated carbocycles. The molecule has 2 N–H and O–H groups in total. The number of ether oxygens (including phenoxy) is 1. The normalized spacial score (nSPS) is 21.2. The lowest BCUT2D eigenvalue weighted by Gasteiger charge is -2.23. The van der Waals surface area contributed by atoms with Crippen molar-refractivity contribution in [3.8, 4) is 5.75 Å². The number of aliphatic carboxylic acids is 1. The van der Waals surface area contributed by atoms with E-state index >= 15 is 0 Å². The van der Waals surface area contributed by atoms with E-state index in [1.807, 2.05) is 0 Å². The second-order valence-corrected chi connectivity index (χ2v) is 5.02. The molecule has 6 nitrogen and oxygen atoms in total. The summed E-state index contributed by atoms with van der Waals surface area (Å²) in [5, 5.41) is 11.6. The summed E-state index contributed by atoms with van der Waals surface area (Å²) in [4.78, 5) is 24.6. The van der Waals surface area contributed by atoms with Crippen molar-refractivity contribution in [2.45, 2.75) is 19.4 Å². The molecule has 0 radical (unpaired) electrons. The lowest BCUT2D eigenvalue weighted by Crippen LogP contribution is -2.44. The zero-order valence-corrected chi connectivity index (χ0v) is 11.8. The van der Waals surface area contributed by atoms with E-state index in [-0.39, 0.29) is 11.6 Å². The number of nitrogens with zero attached hydrogens (tertiary/aromatic N) is 1. The highest BCUT2D eigenvalue weighted by Crippen LogP contribution is 2.26. The van der Waals surface area contributed by atoms with Gasteiger partial charge >= 0.3 is 12.0 Å². The SMILES string of the molecule is COc1ccc(F)c(NC(=O)N2CCC(C)C2C(=O)O)c1. The molecule has 0 aliphatic carbocycles. The Morgan fingerprint density at radius 3 is 2.81 bits per heavy atom. The Balaban J connectivity index is 2.16. The molecule has 1 aromatic carbocycles. The average molecular weight is 296 g/mol. The van der Waals surface area contributed by atoms with Crippen LogP contribution in [0.5, 0.6) is 5.75 Å². The highest BCUT2D eigenvalue weighted by atomic mass is 19.1. The molecule has 114 valence electrons. The number of hydrogen-bond acceptors (Lipinski definition) is 3. The lowest BCUT2D eigenvalue weighted by atomic mass is 10.0. The number of halogens is 1. The summed E-state index contributed by atoms with van der Waals surface area (Å²) in [5.74, 6) is -1.40. The molecule has 2 rings (SSSR count). The second kappa shape index (κ2) is 5.99. The molecule has 7 heteroatoms. The summed E-state index contributed by atoms with van der Waals surface area (Å²) in [6, 6.07) is 2.44. The van der Waals surface area contributed by atoms with Crippen LogP contribution in [0.2, 0.25) is 0 Å². The van der Waals surface area contributed by atoms with Crippen molar-refractivity contribution in [1.29, 1.82) is 0 Å². The van der Waals surface area contributed by atoms with Gasteiger partial charge in [0.2, 0.25) is 0 Å². The van der Waals surface area contributed by atoms with Crippen LogP contribution in [0.25, 0.3) is 0 Å². The van der Waals surface area contributed by atoms with Crippen molar-refractivity contribution in [3.05, 3.63) is 24.0 Å². The van der Waals surface area contributed by atoms with Gasteiger partial charge in [0.25, 0.3) is 0 Å². The van der Waals surface area contributed by atoms with E-state index in [0.29, 0.717) is 18.7 Å².